The van der Waals surface area contributed by atoms with Crippen molar-refractivity contribution in [3.8, 4) is 21.1 Å². The first-order chi connectivity index (χ1) is 25.8. The summed E-state index contributed by atoms with van der Waals surface area (Å²) in [7, 11) is 1.56. The van der Waals surface area contributed by atoms with Crippen LogP contribution in [0.15, 0.2) is 59.3 Å². The van der Waals surface area contributed by atoms with Crippen LogP contribution >= 0.6 is 22.7 Å². The van der Waals surface area contributed by atoms with Crippen LogP contribution in [-0.2, 0) is 14.2 Å². The predicted octanol–water partition coefficient (Wildman–Crippen LogP) is 6.25. The number of anilines is 2. The van der Waals surface area contributed by atoms with Gasteiger partial charge in [0.05, 0.1) is 31.2 Å². The largest absolute Gasteiger partial charge is 0.461 e. The Morgan fingerprint density at radius 3 is 1.62 bits per heavy atom. The fraction of sp³-hybridized carbons (Fsp3) is 0.405. The van der Waals surface area contributed by atoms with E-state index in [2.05, 4.69) is 36.6 Å². The molecule has 5 N–H and O–H groups in total. The molecule has 14 nitrogen and oxygen atoms in total. The van der Waals surface area contributed by atoms with E-state index >= 15 is 0 Å². The van der Waals surface area contributed by atoms with Crippen molar-refractivity contribution in [2.24, 2.45) is 11.8 Å². The number of piperidine rings is 2. The SMILES string of the molecule is CCOC(=O)c1csc(-c2ccccc2NC(=O)OCC2CCNCC2)n1.CNC(=O)c1csc(-c2ccccc2NC(=O)OCC2CCNCC2)n1. The fourth-order valence-corrected chi connectivity index (χ4v) is 7.33. The Balaban J connectivity index is 0.000000204. The zero-order chi connectivity index (χ0) is 37.4. The molecule has 2 aromatic heterocycles. The zero-order valence-electron chi connectivity index (χ0n) is 29.8. The van der Waals surface area contributed by atoms with Crippen molar-refractivity contribution in [1.29, 1.82) is 0 Å². The van der Waals surface area contributed by atoms with E-state index < -0.39 is 18.2 Å². The molecule has 53 heavy (non-hydrogen) atoms. The molecule has 0 saturated carbocycles. The Labute approximate surface area is 316 Å². The van der Waals surface area contributed by atoms with Crippen LogP contribution in [0, 0.1) is 11.8 Å². The first kappa shape index (κ1) is 39.3. The number of aromatic nitrogens is 2. The molecule has 2 aliphatic heterocycles. The number of benzene rings is 2. The van der Waals surface area contributed by atoms with E-state index in [1.54, 1.807) is 36.9 Å². The number of esters is 1. The Bertz CT molecular complexity index is 1820. The van der Waals surface area contributed by atoms with E-state index in [0.29, 0.717) is 58.7 Å². The summed E-state index contributed by atoms with van der Waals surface area (Å²) in [5.41, 5.74) is 3.32. The van der Waals surface area contributed by atoms with E-state index in [1.807, 2.05) is 36.4 Å². The van der Waals surface area contributed by atoms with Crippen LogP contribution in [0.4, 0.5) is 21.0 Å². The van der Waals surface area contributed by atoms with Crippen molar-refractivity contribution in [2.75, 3.05) is 63.7 Å². The average molecular weight is 764 g/mol. The topological polar surface area (TPSA) is 182 Å². The minimum Gasteiger partial charge on any atom is -0.461 e. The number of rotatable bonds is 11. The summed E-state index contributed by atoms with van der Waals surface area (Å²) in [6, 6.07) is 14.7. The minimum atomic E-state index is -0.483. The third kappa shape index (κ3) is 11.8. The predicted molar refractivity (Wildman–Crippen MR) is 206 cm³/mol. The summed E-state index contributed by atoms with van der Waals surface area (Å²) in [6.45, 7) is 6.75. The Hall–Kier alpha value is -4.90. The standard InChI is InChI=1S/C19H23N3O4S.C18H22N4O3S/c1-2-25-18(23)16-12-27-17(21-16)14-5-3-4-6-15(14)22-19(24)26-11-13-7-9-20-10-8-13;1-19-16(23)15-11-26-17(21-15)13-4-2-3-5-14(13)22-18(24)25-10-12-6-8-20-9-7-12/h3-6,12-13,20H,2,7-11H2,1H3,(H,22,24);2-5,11-12,20H,6-10H2,1H3,(H,19,23)(H,22,24). The van der Waals surface area contributed by atoms with Gasteiger partial charge in [-0.3, -0.25) is 15.4 Å². The highest BCUT2D eigenvalue weighted by atomic mass is 32.1. The molecule has 282 valence electrons. The third-order valence-corrected chi connectivity index (χ3v) is 10.3. The number of nitrogens with zero attached hydrogens (tertiary/aromatic N) is 2. The van der Waals surface area contributed by atoms with Crippen molar-refractivity contribution in [3.63, 3.8) is 0 Å². The van der Waals surface area contributed by atoms with Crippen molar-refractivity contribution in [2.45, 2.75) is 32.6 Å². The number of para-hydroxylation sites is 2. The lowest BCUT2D eigenvalue weighted by molar-refractivity contribution is 0.0520. The molecule has 2 aromatic carbocycles. The van der Waals surface area contributed by atoms with Crippen LogP contribution in [0.25, 0.3) is 21.1 Å². The maximum atomic E-state index is 12.2. The highest BCUT2D eigenvalue weighted by molar-refractivity contribution is 7.13. The van der Waals surface area contributed by atoms with Gasteiger partial charge in [0.1, 0.15) is 15.7 Å². The van der Waals surface area contributed by atoms with Crippen LogP contribution < -0.4 is 26.6 Å². The summed E-state index contributed by atoms with van der Waals surface area (Å²) in [5.74, 6) is 0.121. The molecule has 0 aliphatic carbocycles. The molecule has 0 atom stereocenters. The molecule has 0 bridgehead atoms. The molecule has 2 fully saturated rings. The monoisotopic (exact) mass is 763 g/mol. The number of thiazole rings is 2. The van der Waals surface area contributed by atoms with Crippen molar-refractivity contribution in [3.05, 3.63) is 70.7 Å². The van der Waals surface area contributed by atoms with Crippen LogP contribution in [-0.4, -0.2) is 87.1 Å². The normalized spacial score (nSPS) is 14.6. The van der Waals surface area contributed by atoms with E-state index in [0.717, 1.165) is 63.0 Å². The molecule has 2 aliphatic rings. The minimum absolute atomic E-state index is 0.237. The second-order valence-electron chi connectivity index (χ2n) is 12.3. The maximum Gasteiger partial charge on any atom is 0.411 e. The van der Waals surface area contributed by atoms with Crippen LogP contribution in [0.5, 0.6) is 0 Å². The number of nitrogens with one attached hydrogen (secondary N) is 5. The molecule has 2 saturated heterocycles. The van der Waals surface area contributed by atoms with Gasteiger partial charge in [-0.2, -0.15) is 0 Å². The molecule has 4 heterocycles. The Morgan fingerprint density at radius 1 is 0.698 bits per heavy atom. The van der Waals surface area contributed by atoms with Gasteiger partial charge in [-0.15, -0.1) is 22.7 Å². The first-order valence-electron chi connectivity index (χ1n) is 17.6. The van der Waals surface area contributed by atoms with Gasteiger partial charge < -0.3 is 30.2 Å². The van der Waals surface area contributed by atoms with Crippen molar-refractivity contribution in [1.82, 2.24) is 25.9 Å². The third-order valence-electron chi connectivity index (χ3n) is 8.56. The van der Waals surface area contributed by atoms with Gasteiger partial charge in [-0.25, -0.2) is 24.4 Å². The maximum absolute atomic E-state index is 12.2. The van der Waals surface area contributed by atoms with Crippen LogP contribution in [0.1, 0.15) is 53.6 Å². The van der Waals surface area contributed by atoms with Gasteiger partial charge in [-0.1, -0.05) is 24.3 Å². The van der Waals surface area contributed by atoms with Gasteiger partial charge in [0.15, 0.2) is 5.69 Å². The Morgan fingerprint density at radius 2 is 1.15 bits per heavy atom. The summed E-state index contributed by atoms with van der Waals surface area (Å²) >= 11 is 2.68. The molecule has 3 amide bonds. The van der Waals surface area contributed by atoms with E-state index in [-0.39, 0.29) is 11.6 Å². The van der Waals surface area contributed by atoms with Crippen LogP contribution in [0.2, 0.25) is 0 Å². The first-order valence-corrected chi connectivity index (χ1v) is 19.4. The van der Waals surface area contributed by atoms with Gasteiger partial charge in [0.2, 0.25) is 0 Å². The molecule has 0 unspecified atom stereocenters. The lowest BCUT2D eigenvalue weighted by Crippen LogP contribution is -2.31. The second-order valence-corrected chi connectivity index (χ2v) is 14.0. The summed E-state index contributed by atoms with van der Waals surface area (Å²) in [4.78, 5) is 56.6. The number of carbonyl (C=O) groups is 4. The molecular weight excluding hydrogens is 719 g/mol. The summed E-state index contributed by atoms with van der Waals surface area (Å²) < 4.78 is 15.7. The summed E-state index contributed by atoms with van der Waals surface area (Å²) in [5, 5.41) is 19.4. The van der Waals surface area contributed by atoms with E-state index in [9.17, 15) is 19.2 Å². The molecule has 0 radical (unpaired) electrons. The average Bonchev–Trinajstić information content (AvgIpc) is 3.89. The number of hydrogen-bond donors (Lipinski definition) is 5. The van der Waals surface area contributed by atoms with Crippen molar-refractivity contribution < 1.29 is 33.4 Å². The smallest absolute Gasteiger partial charge is 0.411 e. The molecule has 16 heteroatoms. The highest BCUT2D eigenvalue weighted by Crippen LogP contribution is 2.32. The number of amides is 3. The zero-order valence-corrected chi connectivity index (χ0v) is 31.4. The highest BCUT2D eigenvalue weighted by Gasteiger charge is 2.20. The van der Waals surface area contributed by atoms with Gasteiger partial charge in [-0.05, 0) is 94.9 Å². The Kier molecular flexibility index (Phi) is 15.1. The lowest BCUT2D eigenvalue weighted by Gasteiger charge is -2.22. The van der Waals surface area contributed by atoms with Gasteiger partial charge in [0, 0.05) is 28.9 Å². The van der Waals surface area contributed by atoms with Gasteiger partial charge >= 0.3 is 18.2 Å². The quantitative estimate of drug-likeness (QED) is 0.0860. The number of hydrogen-bond acceptors (Lipinski definition) is 13. The van der Waals surface area contributed by atoms with Crippen molar-refractivity contribution >= 4 is 58.1 Å². The van der Waals surface area contributed by atoms with E-state index in [1.165, 1.54) is 22.7 Å². The van der Waals surface area contributed by atoms with Crippen LogP contribution in [0.3, 0.4) is 0 Å². The molecule has 4 aromatic rings. The lowest BCUT2D eigenvalue weighted by atomic mass is 9.99. The molecular formula is C37H45N7O7S2. The number of ether oxygens (including phenoxy) is 3. The summed E-state index contributed by atoms with van der Waals surface area (Å²) in [6.07, 6.45) is 3.11. The van der Waals surface area contributed by atoms with E-state index in [4.69, 9.17) is 14.2 Å². The second kappa shape index (κ2) is 20.4. The number of carbonyl (C=O) groups excluding carboxylic acids is 4. The molecule has 0 spiro atoms. The van der Waals surface area contributed by atoms with Gasteiger partial charge in [0.25, 0.3) is 5.91 Å². The fourth-order valence-electron chi connectivity index (χ4n) is 5.66. The molecule has 6 rings (SSSR count).